The maximum absolute atomic E-state index is 11.1. The Hall–Kier alpha value is -0.940. The highest BCUT2D eigenvalue weighted by molar-refractivity contribution is 9.10. The second-order valence-corrected chi connectivity index (χ2v) is 5.28. The second-order valence-electron chi connectivity index (χ2n) is 4.36. The summed E-state index contributed by atoms with van der Waals surface area (Å²) in [5.41, 5.74) is 5.81. The number of aromatic nitrogens is 1. The molecule has 5 heteroatoms. The predicted molar refractivity (Wildman–Crippen MR) is 66.6 cm³/mol. The van der Waals surface area contributed by atoms with E-state index in [1.165, 1.54) is 0 Å². The SMILES string of the molecule is CC(C)(CNCc1cncc(Br)c1)C(N)=O. The molecule has 1 rings (SSSR count). The Labute approximate surface area is 104 Å². The molecule has 0 saturated carbocycles. The van der Waals surface area contributed by atoms with E-state index >= 15 is 0 Å². The van der Waals surface area contributed by atoms with Crippen molar-refractivity contribution in [3.05, 3.63) is 28.5 Å². The molecule has 0 spiro atoms. The van der Waals surface area contributed by atoms with Crippen molar-refractivity contribution in [3.63, 3.8) is 0 Å². The molecule has 88 valence electrons. The van der Waals surface area contributed by atoms with E-state index in [0.29, 0.717) is 13.1 Å². The van der Waals surface area contributed by atoms with Gasteiger partial charge in [-0.15, -0.1) is 0 Å². The number of hydrogen-bond donors (Lipinski definition) is 2. The zero-order valence-electron chi connectivity index (χ0n) is 9.46. The summed E-state index contributed by atoms with van der Waals surface area (Å²) in [4.78, 5) is 15.1. The van der Waals surface area contributed by atoms with Crippen molar-refractivity contribution in [1.29, 1.82) is 0 Å². The minimum atomic E-state index is -0.528. The molecule has 3 N–H and O–H groups in total. The second kappa shape index (κ2) is 5.41. The van der Waals surface area contributed by atoms with Crippen molar-refractivity contribution in [2.45, 2.75) is 20.4 Å². The third-order valence-electron chi connectivity index (χ3n) is 2.32. The maximum atomic E-state index is 11.1. The standard InChI is InChI=1S/C11H16BrN3O/c1-11(2,10(13)16)7-15-5-8-3-9(12)6-14-4-8/h3-4,6,15H,5,7H2,1-2H3,(H2,13,16). The van der Waals surface area contributed by atoms with Crippen LogP contribution in [0.3, 0.4) is 0 Å². The molecule has 0 atom stereocenters. The molecule has 0 saturated heterocycles. The predicted octanol–water partition coefficient (Wildman–Crippen LogP) is 1.45. The zero-order chi connectivity index (χ0) is 12.2. The van der Waals surface area contributed by atoms with Gasteiger partial charge in [0.2, 0.25) is 5.91 Å². The largest absolute Gasteiger partial charge is 0.369 e. The summed E-state index contributed by atoms with van der Waals surface area (Å²) in [5.74, 6) is -0.299. The molecule has 4 nitrogen and oxygen atoms in total. The van der Waals surface area contributed by atoms with Gasteiger partial charge in [-0.3, -0.25) is 9.78 Å². The molecule has 0 fully saturated rings. The minimum absolute atomic E-state index is 0.299. The summed E-state index contributed by atoms with van der Waals surface area (Å²) in [6.45, 7) is 4.86. The Kier molecular flexibility index (Phi) is 4.44. The Morgan fingerprint density at radius 3 is 2.81 bits per heavy atom. The maximum Gasteiger partial charge on any atom is 0.224 e. The molecule has 0 aromatic carbocycles. The van der Waals surface area contributed by atoms with Crippen LogP contribution in [0.2, 0.25) is 0 Å². The van der Waals surface area contributed by atoms with Gasteiger partial charge in [0.25, 0.3) is 0 Å². The Bertz CT molecular complexity index is 379. The van der Waals surface area contributed by atoms with Crippen LogP contribution in [0.4, 0.5) is 0 Å². The first-order valence-corrected chi connectivity index (χ1v) is 5.81. The summed E-state index contributed by atoms with van der Waals surface area (Å²) in [5, 5.41) is 3.19. The molecule has 0 unspecified atom stereocenters. The third-order valence-corrected chi connectivity index (χ3v) is 2.76. The Morgan fingerprint density at radius 2 is 2.25 bits per heavy atom. The van der Waals surface area contributed by atoms with Crippen LogP contribution in [0, 0.1) is 5.41 Å². The summed E-state index contributed by atoms with van der Waals surface area (Å²) >= 11 is 3.35. The highest BCUT2D eigenvalue weighted by Crippen LogP contribution is 2.13. The van der Waals surface area contributed by atoms with Crippen LogP contribution in [-0.4, -0.2) is 17.4 Å². The Balaban J connectivity index is 2.45. The van der Waals surface area contributed by atoms with Gasteiger partial charge in [0.05, 0.1) is 5.41 Å². The van der Waals surface area contributed by atoms with Gasteiger partial charge in [0, 0.05) is 30.0 Å². The highest BCUT2D eigenvalue weighted by atomic mass is 79.9. The molecule has 1 aromatic rings. The zero-order valence-corrected chi connectivity index (χ0v) is 11.0. The number of nitrogens with one attached hydrogen (secondary N) is 1. The van der Waals surface area contributed by atoms with Gasteiger partial charge in [-0.25, -0.2) is 0 Å². The number of nitrogens with two attached hydrogens (primary N) is 1. The van der Waals surface area contributed by atoms with Gasteiger partial charge in [-0.2, -0.15) is 0 Å². The average Bonchev–Trinajstić information content (AvgIpc) is 2.17. The monoisotopic (exact) mass is 285 g/mol. The average molecular weight is 286 g/mol. The Morgan fingerprint density at radius 1 is 1.56 bits per heavy atom. The van der Waals surface area contributed by atoms with Gasteiger partial charge in [-0.05, 0) is 41.4 Å². The molecule has 16 heavy (non-hydrogen) atoms. The fourth-order valence-electron chi connectivity index (χ4n) is 1.16. The molecule has 1 amide bonds. The van der Waals surface area contributed by atoms with E-state index in [0.717, 1.165) is 10.0 Å². The first-order chi connectivity index (χ1) is 7.42. The van der Waals surface area contributed by atoms with Crippen LogP contribution in [0.25, 0.3) is 0 Å². The molecule has 0 aliphatic heterocycles. The number of carbonyl (C=O) groups excluding carboxylic acids is 1. The van der Waals surface area contributed by atoms with Crippen molar-refractivity contribution in [1.82, 2.24) is 10.3 Å². The molecular formula is C11H16BrN3O. The number of nitrogens with zero attached hydrogens (tertiary/aromatic N) is 1. The summed E-state index contributed by atoms with van der Waals surface area (Å²) in [7, 11) is 0. The molecular weight excluding hydrogens is 270 g/mol. The normalized spacial score (nSPS) is 11.4. The van der Waals surface area contributed by atoms with Crippen molar-refractivity contribution in [2.75, 3.05) is 6.54 Å². The lowest BCUT2D eigenvalue weighted by Gasteiger charge is -2.20. The van der Waals surface area contributed by atoms with Crippen LogP contribution in [0.5, 0.6) is 0 Å². The quantitative estimate of drug-likeness (QED) is 0.860. The van der Waals surface area contributed by atoms with Crippen molar-refractivity contribution in [3.8, 4) is 0 Å². The first kappa shape index (κ1) is 13.1. The number of primary amides is 1. The molecule has 0 aliphatic carbocycles. The molecule has 0 radical (unpaired) electrons. The number of halogens is 1. The number of hydrogen-bond acceptors (Lipinski definition) is 3. The van der Waals surface area contributed by atoms with Gasteiger partial charge in [0.1, 0.15) is 0 Å². The molecule has 1 heterocycles. The van der Waals surface area contributed by atoms with E-state index in [2.05, 4.69) is 26.2 Å². The summed E-state index contributed by atoms with van der Waals surface area (Å²) in [6, 6.07) is 1.98. The van der Waals surface area contributed by atoms with Crippen LogP contribution >= 0.6 is 15.9 Å². The highest BCUT2D eigenvalue weighted by Gasteiger charge is 2.23. The smallest absolute Gasteiger partial charge is 0.224 e. The van der Waals surface area contributed by atoms with Crippen molar-refractivity contribution in [2.24, 2.45) is 11.1 Å². The van der Waals surface area contributed by atoms with E-state index < -0.39 is 5.41 Å². The lowest BCUT2D eigenvalue weighted by Crippen LogP contribution is -2.40. The summed E-state index contributed by atoms with van der Waals surface area (Å²) in [6.07, 6.45) is 3.52. The lowest BCUT2D eigenvalue weighted by atomic mass is 9.93. The fourth-order valence-corrected chi connectivity index (χ4v) is 1.57. The fraction of sp³-hybridized carbons (Fsp3) is 0.455. The first-order valence-electron chi connectivity index (χ1n) is 5.02. The van der Waals surface area contributed by atoms with Gasteiger partial charge < -0.3 is 11.1 Å². The van der Waals surface area contributed by atoms with Gasteiger partial charge >= 0.3 is 0 Å². The topological polar surface area (TPSA) is 68.0 Å². The van der Waals surface area contributed by atoms with E-state index in [4.69, 9.17) is 5.73 Å². The number of pyridine rings is 1. The van der Waals surface area contributed by atoms with E-state index in [1.54, 1.807) is 12.4 Å². The number of rotatable bonds is 5. The lowest BCUT2D eigenvalue weighted by molar-refractivity contribution is -0.125. The van der Waals surface area contributed by atoms with E-state index in [9.17, 15) is 4.79 Å². The van der Waals surface area contributed by atoms with E-state index in [-0.39, 0.29) is 5.91 Å². The van der Waals surface area contributed by atoms with Crippen LogP contribution in [0.1, 0.15) is 19.4 Å². The summed E-state index contributed by atoms with van der Waals surface area (Å²) < 4.78 is 0.945. The molecule has 0 aliphatic rings. The number of amides is 1. The molecule has 1 aromatic heterocycles. The van der Waals surface area contributed by atoms with Gasteiger partial charge in [0.15, 0.2) is 0 Å². The van der Waals surface area contributed by atoms with Crippen LogP contribution in [0.15, 0.2) is 22.9 Å². The van der Waals surface area contributed by atoms with Gasteiger partial charge in [-0.1, -0.05) is 0 Å². The van der Waals surface area contributed by atoms with Crippen LogP contribution in [-0.2, 0) is 11.3 Å². The van der Waals surface area contributed by atoms with E-state index in [1.807, 2.05) is 19.9 Å². The van der Waals surface area contributed by atoms with Crippen molar-refractivity contribution >= 4 is 21.8 Å². The number of carbonyl (C=O) groups is 1. The molecule has 0 bridgehead atoms. The minimum Gasteiger partial charge on any atom is -0.369 e. The van der Waals surface area contributed by atoms with Crippen LogP contribution < -0.4 is 11.1 Å². The van der Waals surface area contributed by atoms with Crippen molar-refractivity contribution < 1.29 is 4.79 Å². The third kappa shape index (κ3) is 3.90.